The van der Waals surface area contributed by atoms with Gasteiger partial charge >= 0.3 is 12.1 Å². The third kappa shape index (κ3) is 5.62. The fraction of sp³-hybridized carbons (Fsp3) is 0.579. The number of rotatable bonds is 6. The van der Waals surface area contributed by atoms with E-state index in [-0.39, 0.29) is 11.9 Å². The number of fused-ring (bicyclic) bond motifs is 1. The molecular weight excluding hydrogens is 402 g/mol. The van der Waals surface area contributed by atoms with E-state index in [9.17, 15) is 9.59 Å². The second kappa shape index (κ2) is 8.75. The highest BCUT2D eigenvalue weighted by Crippen LogP contribution is 2.38. The molecule has 0 saturated carbocycles. The number of benzene rings is 1. The molecule has 0 saturated heterocycles. The van der Waals surface area contributed by atoms with E-state index in [1.165, 1.54) is 0 Å². The van der Waals surface area contributed by atoms with Crippen LogP contribution in [0.4, 0.5) is 4.79 Å². The molecule has 0 aromatic heterocycles. The van der Waals surface area contributed by atoms with Crippen molar-refractivity contribution >= 4 is 28.0 Å². The van der Waals surface area contributed by atoms with Gasteiger partial charge in [-0.1, -0.05) is 6.07 Å². The highest BCUT2D eigenvalue weighted by atomic mass is 79.9. The van der Waals surface area contributed by atoms with E-state index in [0.29, 0.717) is 38.3 Å². The average Bonchev–Trinajstić information content (AvgIpc) is 2.97. The summed E-state index contributed by atoms with van der Waals surface area (Å²) in [6, 6.07) is 3.86. The molecule has 1 N–H and O–H groups in total. The number of halogens is 1. The molecule has 1 aliphatic carbocycles. The zero-order valence-corrected chi connectivity index (χ0v) is 17.3. The smallest absolute Gasteiger partial charge is 0.407 e. The number of esters is 1. The van der Waals surface area contributed by atoms with Crippen molar-refractivity contribution in [3.05, 3.63) is 27.7 Å². The number of amides is 1. The van der Waals surface area contributed by atoms with Gasteiger partial charge < -0.3 is 19.5 Å². The molecule has 0 aliphatic heterocycles. The van der Waals surface area contributed by atoms with Gasteiger partial charge in [0.1, 0.15) is 18.0 Å². The SMILES string of the molecule is CCOC(=O)C1Cc2ccc(OCCNC(=O)OC(C)(C)C)c(Br)c2C1. The van der Waals surface area contributed by atoms with Crippen LogP contribution in [0.1, 0.15) is 38.8 Å². The topological polar surface area (TPSA) is 73.9 Å². The van der Waals surface area contributed by atoms with Crippen molar-refractivity contribution < 1.29 is 23.8 Å². The summed E-state index contributed by atoms with van der Waals surface area (Å²) in [5.41, 5.74) is 1.69. The molecule has 1 aromatic rings. The van der Waals surface area contributed by atoms with E-state index >= 15 is 0 Å². The summed E-state index contributed by atoms with van der Waals surface area (Å²) in [7, 11) is 0. The molecule has 0 radical (unpaired) electrons. The van der Waals surface area contributed by atoms with Crippen LogP contribution in [0.15, 0.2) is 16.6 Å². The van der Waals surface area contributed by atoms with Crippen LogP contribution in [-0.4, -0.2) is 37.4 Å². The van der Waals surface area contributed by atoms with Crippen LogP contribution in [0.25, 0.3) is 0 Å². The van der Waals surface area contributed by atoms with E-state index in [0.717, 1.165) is 15.6 Å². The Bertz CT molecular complexity index is 669. The lowest BCUT2D eigenvalue weighted by molar-refractivity contribution is -0.147. The number of hydrogen-bond acceptors (Lipinski definition) is 5. The number of alkyl carbamates (subject to hydrolysis) is 1. The lowest BCUT2D eigenvalue weighted by Crippen LogP contribution is -2.34. The molecule has 7 heteroatoms. The van der Waals surface area contributed by atoms with Gasteiger partial charge in [0.2, 0.25) is 0 Å². The summed E-state index contributed by atoms with van der Waals surface area (Å²) in [5.74, 6) is 0.407. The normalized spacial score (nSPS) is 16.0. The van der Waals surface area contributed by atoms with Crippen LogP contribution >= 0.6 is 15.9 Å². The Morgan fingerprint density at radius 3 is 2.65 bits per heavy atom. The van der Waals surface area contributed by atoms with E-state index in [1.54, 1.807) is 0 Å². The summed E-state index contributed by atoms with van der Waals surface area (Å²) in [4.78, 5) is 23.6. The molecular formula is C19H26BrNO5. The van der Waals surface area contributed by atoms with Crippen molar-refractivity contribution in [3.8, 4) is 5.75 Å². The molecule has 0 bridgehead atoms. The van der Waals surface area contributed by atoms with Gasteiger partial charge in [-0.15, -0.1) is 0 Å². The van der Waals surface area contributed by atoms with Crippen molar-refractivity contribution in [1.29, 1.82) is 0 Å². The Morgan fingerprint density at radius 2 is 2.00 bits per heavy atom. The first-order chi connectivity index (χ1) is 12.2. The third-order valence-corrected chi connectivity index (χ3v) is 4.74. The fourth-order valence-electron chi connectivity index (χ4n) is 2.80. The van der Waals surface area contributed by atoms with Crippen molar-refractivity contribution in [3.63, 3.8) is 0 Å². The van der Waals surface area contributed by atoms with Crippen LogP contribution in [0.2, 0.25) is 0 Å². The van der Waals surface area contributed by atoms with Gasteiger partial charge in [-0.3, -0.25) is 4.79 Å². The highest BCUT2D eigenvalue weighted by molar-refractivity contribution is 9.10. The van der Waals surface area contributed by atoms with Crippen LogP contribution in [0.5, 0.6) is 5.75 Å². The minimum absolute atomic E-state index is 0.134. The predicted octanol–water partition coefficient (Wildman–Crippen LogP) is 3.63. The number of hydrogen-bond donors (Lipinski definition) is 1. The summed E-state index contributed by atoms with van der Waals surface area (Å²) in [5, 5.41) is 2.65. The Hall–Kier alpha value is -1.76. The van der Waals surface area contributed by atoms with Crippen molar-refractivity contribution in [2.75, 3.05) is 19.8 Å². The average molecular weight is 428 g/mol. The zero-order chi connectivity index (χ0) is 19.3. The maximum atomic E-state index is 12.0. The van der Waals surface area contributed by atoms with E-state index in [2.05, 4.69) is 21.2 Å². The minimum Gasteiger partial charge on any atom is -0.491 e. The second-order valence-electron chi connectivity index (χ2n) is 7.15. The summed E-state index contributed by atoms with van der Waals surface area (Å²) >= 11 is 3.58. The number of nitrogens with one attached hydrogen (secondary N) is 1. The van der Waals surface area contributed by atoms with Gasteiger partial charge in [0, 0.05) is 0 Å². The Kier molecular flexibility index (Phi) is 6.92. The van der Waals surface area contributed by atoms with Gasteiger partial charge in [0.25, 0.3) is 0 Å². The molecule has 1 aromatic carbocycles. The second-order valence-corrected chi connectivity index (χ2v) is 7.94. The standard InChI is InChI=1S/C19H26BrNO5/c1-5-24-17(22)13-10-12-6-7-15(16(20)14(12)11-13)25-9-8-21-18(23)26-19(2,3)4/h6-7,13H,5,8-11H2,1-4H3,(H,21,23). The number of ether oxygens (including phenoxy) is 3. The van der Waals surface area contributed by atoms with Crippen LogP contribution < -0.4 is 10.1 Å². The summed E-state index contributed by atoms with van der Waals surface area (Å²) in [6.07, 6.45) is 0.862. The zero-order valence-electron chi connectivity index (χ0n) is 15.7. The molecule has 1 amide bonds. The maximum Gasteiger partial charge on any atom is 0.407 e. The van der Waals surface area contributed by atoms with Crippen molar-refractivity contribution in [2.24, 2.45) is 5.92 Å². The largest absolute Gasteiger partial charge is 0.491 e. The Labute approximate surface area is 162 Å². The monoisotopic (exact) mass is 427 g/mol. The van der Waals surface area contributed by atoms with Gasteiger partial charge in [0.05, 0.1) is 23.5 Å². The van der Waals surface area contributed by atoms with E-state index in [4.69, 9.17) is 14.2 Å². The first-order valence-electron chi connectivity index (χ1n) is 8.77. The number of carbonyl (C=O) groups is 2. The first-order valence-corrected chi connectivity index (χ1v) is 9.57. The highest BCUT2D eigenvalue weighted by Gasteiger charge is 2.30. The molecule has 1 aliphatic rings. The van der Waals surface area contributed by atoms with E-state index < -0.39 is 11.7 Å². The lowest BCUT2D eigenvalue weighted by Gasteiger charge is -2.19. The van der Waals surface area contributed by atoms with Gasteiger partial charge in [-0.05, 0) is 73.7 Å². The van der Waals surface area contributed by atoms with E-state index in [1.807, 2.05) is 39.8 Å². The minimum atomic E-state index is -0.524. The van der Waals surface area contributed by atoms with Crippen LogP contribution in [-0.2, 0) is 27.1 Å². The maximum absolute atomic E-state index is 12.0. The van der Waals surface area contributed by atoms with Crippen molar-refractivity contribution in [2.45, 2.75) is 46.1 Å². The van der Waals surface area contributed by atoms with Crippen molar-refractivity contribution in [1.82, 2.24) is 5.32 Å². The third-order valence-electron chi connectivity index (χ3n) is 3.87. The molecule has 0 spiro atoms. The van der Waals surface area contributed by atoms with Gasteiger partial charge in [-0.2, -0.15) is 0 Å². The molecule has 1 unspecified atom stereocenters. The first kappa shape index (κ1) is 20.6. The summed E-state index contributed by atoms with van der Waals surface area (Å²) < 4.78 is 16.9. The number of carbonyl (C=O) groups excluding carboxylic acids is 2. The van der Waals surface area contributed by atoms with Gasteiger partial charge in [0.15, 0.2) is 0 Å². The molecule has 26 heavy (non-hydrogen) atoms. The lowest BCUT2D eigenvalue weighted by atomic mass is 10.1. The molecule has 0 heterocycles. The van der Waals surface area contributed by atoms with Gasteiger partial charge in [-0.25, -0.2) is 4.79 Å². The summed E-state index contributed by atoms with van der Waals surface area (Å²) in [6.45, 7) is 8.30. The molecule has 2 rings (SSSR count). The van der Waals surface area contributed by atoms with Crippen LogP contribution in [0.3, 0.4) is 0 Å². The quantitative estimate of drug-likeness (QED) is 0.554. The predicted molar refractivity (Wildman–Crippen MR) is 101 cm³/mol. The molecule has 1 atom stereocenters. The Morgan fingerprint density at radius 1 is 1.27 bits per heavy atom. The molecule has 0 fully saturated rings. The van der Waals surface area contributed by atoms with Crippen LogP contribution in [0, 0.1) is 5.92 Å². The fourth-order valence-corrected chi connectivity index (χ4v) is 3.47. The Balaban J connectivity index is 1.87. The molecule has 6 nitrogen and oxygen atoms in total. The molecule has 144 valence electrons.